The maximum Gasteiger partial charge on any atom is 0.0276 e. The van der Waals surface area contributed by atoms with Gasteiger partial charge in [-0.25, -0.2) is 0 Å². The summed E-state index contributed by atoms with van der Waals surface area (Å²) in [5, 5.41) is 0. The first kappa shape index (κ1) is 10.4. The topological polar surface area (TPSA) is 12.4 Å². The van der Waals surface area contributed by atoms with E-state index in [4.69, 9.17) is 0 Å². The summed E-state index contributed by atoms with van der Waals surface area (Å²) in [5.41, 5.74) is 2.74. The van der Waals surface area contributed by atoms with E-state index in [0.717, 1.165) is 6.42 Å². The molecule has 11 heavy (non-hydrogen) atoms. The molecule has 0 unspecified atom stereocenters. The van der Waals surface area contributed by atoms with E-state index in [-0.39, 0.29) is 0 Å². The van der Waals surface area contributed by atoms with Gasteiger partial charge in [-0.2, -0.15) is 0 Å². The lowest BCUT2D eigenvalue weighted by atomic mass is 10.1. The van der Waals surface area contributed by atoms with Crippen LogP contribution < -0.4 is 0 Å². The zero-order valence-corrected chi connectivity index (χ0v) is 8.15. The fraction of sp³-hybridized carbons (Fsp3) is 0.700. The first-order chi connectivity index (χ1) is 5.20. The first-order valence-corrected chi connectivity index (χ1v) is 4.24. The van der Waals surface area contributed by atoms with Crippen LogP contribution in [0.15, 0.2) is 16.6 Å². The molecule has 0 saturated carbocycles. The van der Waals surface area contributed by atoms with E-state index in [1.807, 2.05) is 7.05 Å². The fourth-order valence-electron chi connectivity index (χ4n) is 0.879. The van der Waals surface area contributed by atoms with Crippen molar-refractivity contribution in [3.05, 3.63) is 11.6 Å². The molecule has 1 heteroatoms. The second kappa shape index (κ2) is 6.14. The number of hydrogen-bond acceptors (Lipinski definition) is 1. The predicted molar refractivity (Wildman–Crippen MR) is 52.3 cm³/mol. The van der Waals surface area contributed by atoms with Crippen molar-refractivity contribution >= 4 is 5.71 Å². The number of allylic oxidation sites excluding steroid dienone is 2. The normalized spacial score (nSPS) is 13.8. The molecule has 0 fully saturated rings. The Balaban J connectivity index is 3.43. The van der Waals surface area contributed by atoms with Crippen LogP contribution in [0.3, 0.4) is 0 Å². The van der Waals surface area contributed by atoms with Crippen molar-refractivity contribution in [3.8, 4) is 0 Å². The standard InChI is InChI=1S/C10H19N/c1-5-9(2)7-6-8-10(3)11-4/h5H,6-8H2,1-4H3. The molecular formula is C10H19N. The maximum atomic E-state index is 4.11. The Labute approximate surface area is 70.2 Å². The highest BCUT2D eigenvalue weighted by Gasteiger charge is 1.91. The number of hydrogen-bond donors (Lipinski definition) is 0. The summed E-state index contributed by atoms with van der Waals surface area (Å²) in [6.07, 6.45) is 5.77. The lowest BCUT2D eigenvalue weighted by Gasteiger charge is -1.99. The molecule has 64 valence electrons. The molecule has 0 radical (unpaired) electrons. The van der Waals surface area contributed by atoms with E-state index < -0.39 is 0 Å². The lowest BCUT2D eigenvalue weighted by Crippen LogP contribution is -1.90. The van der Waals surface area contributed by atoms with Gasteiger partial charge in [0.25, 0.3) is 0 Å². The zero-order chi connectivity index (χ0) is 8.69. The molecule has 0 rings (SSSR count). The molecule has 0 amide bonds. The van der Waals surface area contributed by atoms with E-state index in [9.17, 15) is 0 Å². The maximum absolute atomic E-state index is 4.11. The quantitative estimate of drug-likeness (QED) is 0.434. The second-order valence-corrected chi connectivity index (χ2v) is 2.95. The molecule has 0 aliphatic rings. The highest BCUT2D eigenvalue weighted by Crippen LogP contribution is 2.06. The van der Waals surface area contributed by atoms with Gasteiger partial charge in [-0.05, 0) is 40.0 Å². The first-order valence-electron chi connectivity index (χ1n) is 4.24. The van der Waals surface area contributed by atoms with Crippen LogP contribution in [0.5, 0.6) is 0 Å². The molecule has 0 aliphatic carbocycles. The lowest BCUT2D eigenvalue weighted by molar-refractivity contribution is 0.848. The Bertz CT molecular complexity index is 136. The molecular weight excluding hydrogens is 134 g/mol. The number of aliphatic imine (C=N–C) groups is 1. The van der Waals surface area contributed by atoms with Crippen molar-refractivity contribution in [1.82, 2.24) is 0 Å². The third kappa shape index (κ3) is 5.84. The van der Waals surface area contributed by atoms with Gasteiger partial charge in [0.15, 0.2) is 0 Å². The highest BCUT2D eigenvalue weighted by atomic mass is 14.7. The van der Waals surface area contributed by atoms with Crippen LogP contribution in [0.4, 0.5) is 0 Å². The van der Waals surface area contributed by atoms with Crippen molar-refractivity contribution in [1.29, 1.82) is 0 Å². The van der Waals surface area contributed by atoms with Crippen LogP contribution in [0.2, 0.25) is 0 Å². The van der Waals surface area contributed by atoms with Crippen molar-refractivity contribution < 1.29 is 0 Å². The highest BCUT2D eigenvalue weighted by molar-refractivity contribution is 5.81. The van der Waals surface area contributed by atoms with Gasteiger partial charge in [0.1, 0.15) is 0 Å². The van der Waals surface area contributed by atoms with Gasteiger partial charge < -0.3 is 0 Å². The Kier molecular flexibility index (Phi) is 5.81. The summed E-state index contributed by atoms with van der Waals surface area (Å²) in [7, 11) is 1.86. The van der Waals surface area contributed by atoms with E-state index in [1.54, 1.807) is 0 Å². The average Bonchev–Trinajstić information content (AvgIpc) is 2.04. The molecule has 0 spiro atoms. The van der Waals surface area contributed by atoms with Crippen LogP contribution in [-0.4, -0.2) is 12.8 Å². The summed E-state index contributed by atoms with van der Waals surface area (Å²) < 4.78 is 0. The monoisotopic (exact) mass is 153 g/mol. The minimum atomic E-state index is 1.14. The van der Waals surface area contributed by atoms with Gasteiger partial charge in [-0.15, -0.1) is 0 Å². The van der Waals surface area contributed by atoms with Gasteiger partial charge >= 0.3 is 0 Å². The van der Waals surface area contributed by atoms with Crippen LogP contribution in [0, 0.1) is 0 Å². The largest absolute Gasteiger partial charge is 0.298 e. The molecule has 0 atom stereocenters. The number of rotatable bonds is 4. The molecule has 0 aromatic rings. The van der Waals surface area contributed by atoms with Crippen LogP contribution in [-0.2, 0) is 0 Å². The van der Waals surface area contributed by atoms with E-state index >= 15 is 0 Å². The summed E-state index contributed by atoms with van der Waals surface area (Å²) in [4.78, 5) is 4.11. The number of nitrogens with zero attached hydrogens (tertiary/aromatic N) is 1. The summed E-state index contributed by atoms with van der Waals surface area (Å²) in [5.74, 6) is 0. The zero-order valence-electron chi connectivity index (χ0n) is 8.15. The van der Waals surface area contributed by atoms with Crippen molar-refractivity contribution in [2.45, 2.75) is 40.0 Å². The summed E-state index contributed by atoms with van der Waals surface area (Å²) in [6, 6.07) is 0. The fourth-order valence-corrected chi connectivity index (χ4v) is 0.879. The SMILES string of the molecule is CC=C(C)CCCC(C)=NC. The molecule has 0 aromatic carbocycles. The predicted octanol–water partition coefficient (Wildman–Crippen LogP) is 3.21. The van der Waals surface area contributed by atoms with Crippen LogP contribution in [0.25, 0.3) is 0 Å². The van der Waals surface area contributed by atoms with Crippen LogP contribution >= 0.6 is 0 Å². The molecule has 0 bridgehead atoms. The van der Waals surface area contributed by atoms with Gasteiger partial charge in [0, 0.05) is 12.8 Å². The van der Waals surface area contributed by atoms with Gasteiger partial charge in [0.2, 0.25) is 0 Å². The van der Waals surface area contributed by atoms with E-state index in [0.29, 0.717) is 0 Å². The minimum Gasteiger partial charge on any atom is -0.298 e. The molecule has 0 N–H and O–H groups in total. The van der Waals surface area contributed by atoms with Gasteiger partial charge in [-0.1, -0.05) is 11.6 Å². The van der Waals surface area contributed by atoms with Crippen molar-refractivity contribution in [3.63, 3.8) is 0 Å². The van der Waals surface area contributed by atoms with Crippen molar-refractivity contribution in [2.24, 2.45) is 4.99 Å². The Morgan fingerprint density at radius 2 is 1.91 bits per heavy atom. The Hall–Kier alpha value is -0.590. The van der Waals surface area contributed by atoms with Crippen molar-refractivity contribution in [2.75, 3.05) is 7.05 Å². The molecule has 0 heterocycles. The molecule has 0 aliphatic heterocycles. The second-order valence-electron chi connectivity index (χ2n) is 2.95. The minimum absolute atomic E-state index is 1.14. The van der Waals surface area contributed by atoms with E-state index in [1.165, 1.54) is 24.1 Å². The molecule has 0 saturated heterocycles. The average molecular weight is 153 g/mol. The van der Waals surface area contributed by atoms with E-state index in [2.05, 4.69) is 31.8 Å². The molecule has 0 aromatic heterocycles. The Morgan fingerprint density at radius 1 is 1.27 bits per heavy atom. The van der Waals surface area contributed by atoms with Gasteiger partial charge in [-0.3, -0.25) is 4.99 Å². The summed E-state index contributed by atoms with van der Waals surface area (Å²) >= 11 is 0. The summed E-state index contributed by atoms with van der Waals surface area (Å²) in [6.45, 7) is 6.36. The smallest absolute Gasteiger partial charge is 0.0276 e. The third-order valence-corrected chi connectivity index (χ3v) is 1.98. The third-order valence-electron chi connectivity index (χ3n) is 1.98. The van der Waals surface area contributed by atoms with Crippen LogP contribution in [0.1, 0.15) is 40.0 Å². The van der Waals surface area contributed by atoms with Gasteiger partial charge in [0.05, 0.1) is 0 Å². The Morgan fingerprint density at radius 3 is 2.36 bits per heavy atom. The molecule has 1 nitrogen and oxygen atoms in total.